The van der Waals surface area contributed by atoms with Crippen LogP contribution in [-0.4, -0.2) is 22.2 Å². The smallest absolute Gasteiger partial charge is 0.272 e. The topological polar surface area (TPSA) is 72.9 Å². The van der Waals surface area contributed by atoms with Gasteiger partial charge >= 0.3 is 0 Å². The lowest BCUT2D eigenvalue weighted by atomic mass is 10.3. The van der Waals surface area contributed by atoms with Crippen molar-refractivity contribution in [2.75, 3.05) is 12.3 Å². The van der Waals surface area contributed by atoms with Crippen LogP contribution in [0.25, 0.3) is 5.69 Å². The van der Waals surface area contributed by atoms with Crippen molar-refractivity contribution in [2.24, 2.45) is 0 Å². The minimum Gasteiger partial charge on any atom is -0.397 e. The number of benzene rings is 1. The Morgan fingerprint density at radius 1 is 1.42 bits per heavy atom. The van der Waals surface area contributed by atoms with E-state index in [0.717, 1.165) is 5.69 Å². The molecule has 0 radical (unpaired) electrons. The van der Waals surface area contributed by atoms with E-state index in [2.05, 4.69) is 22.3 Å². The average Bonchev–Trinajstić information content (AvgIpc) is 2.89. The van der Waals surface area contributed by atoms with E-state index in [-0.39, 0.29) is 5.91 Å². The largest absolute Gasteiger partial charge is 0.397 e. The average molecular weight is 254 g/mol. The van der Waals surface area contributed by atoms with Gasteiger partial charge in [-0.1, -0.05) is 18.1 Å². The lowest BCUT2D eigenvalue weighted by molar-refractivity contribution is 0.0953. The highest BCUT2D eigenvalue weighted by Crippen LogP contribution is 2.15. The van der Waals surface area contributed by atoms with E-state index < -0.39 is 0 Å². The highest BCUT2D eigenvalue weighted by Gasteiger charge is 2.10. The Bertz CT molecular complexity index is 649. The number of nitrogens with two attached hydrogens (primary N) is 1. The molecule has 1 heterocycles. The van der Waals surface area contributed by atoms with Crippen LogP contribution in [0.15, 0.2) is 36.5 Å². The lowest BCUT2D eigenvalue weighted by Crippen LogP contribution is -2.24. The van der Waals surface area contributed by atoms with Crippen molar-refractivity contribution in [1.29, 1.82) is 0 Å². The summed E-state index contributed by atoms with van der Waals surface area (Å²) in [4.78, 5) is 11.8. The minimum absolute atomic E-state index is 0.254. The zero-order valence-corrected chi connectivity index (χ0v) is 10.6. The van der Waals surface area contributed by atoms with Gasteiger partial charge in [-0.05, 0) is 25.1 Å². The van der Waals surface area contributed by atoms with Gasteiger partial charge in [0.2, 0.25) is 0 Å². The van der Waals surface area contributed by atoms with Crippen molar-refractivity contribution in [2.45, 2.75) is 6.92 Å². The van der Waals surface area contributed by atoms with E-state index in [4.69, 9.17) is 5.73 Å². The summed E-state index contributed by atoms with van der Waals surface area (Å²) in [5, 5.41) is 6.86. The summed E-state index contributed by atoms with van der Waals surface area (Å²) in [7, 11) is 0. The molecule has 0 aliphatic heterocycles. The number of carbonyl (C=O) groups excluding carboxylic acids is 1. The Morgan fingerprint density at radius 3 is 2.95 bits per heavy atom. The number of amides is 1. The third-order valence-electron chi connectivity index (χ3n) is 2.52. The molecule has 0 atom stereocenters. The first-order chi connectivity index (χ1) is 9.22. The molecule has 3 N–H and O–H groups in total. The van der Waals surface area contributed by atoms with Crippen molar-refractivity contribution in [3.63, 3.8) is 0 Å². The molecule has 96 valence electrons. The van der Waals surface area contributed by atoms with E-state index in [1.807, 2.05) is 18.2 Å². The molecule has 0 fully saturated rings. The van der Waals surface area contributed by atoms with Gasteiger partial charge in [-0.2, -0.15) is 5.10 Å². The van der Waals surface area contributed by atoms with E-state index >= 15 is 0 Å². The second-order valence-corrected chi connectivity index (χ2v) is 3.81. The van der Waals surface area contributed by atoms with Crippen LogP contribution in [0, 0.1) is 11.8 Å². The fourth-order valence-corrected chi connectivity index (χ4v) is 1.58. The summed E-state index contributed by atoms with van der Waals surface area (Å²) in [6.07, 6.45) is 1.70. The van der Waals surface area contributed by atoms with Crippen LogP contribution in [0.1, 0.15) is 17.4 Å². The Kier molecular flexibility index (Phi) is 3.84. The van der Waals surface area contributed by atoms with Crippen LogP contribution in [0.5, 0.6) is 0 Å². The van der Waals surface area contributed by atoms with Crippen LogP contribution < -0.4 is 11.1 Å². The van der Waals surface area contributed by atoms with Crippen LogP contribution >= 0.6 is 0 Å². The number of nitrogens with one attached hydrogen (secondary N) is 1. The predicted molar refractivity (Wildman–Crippen MR) is 73.8 cm³/mol. The molecule has 0 aliphatic carbocycles. The molecule has 1 aromatic carbocycles. The molecule has 2 aromatic rings. The van der Waals surface area contributed by atoms with E-state index in [1.54, 1.807) is 29.9 Å². The maximum atomic E-state index is 11.8. The number of rotatable bonds is 3. The van der Waals surface area contributed by atoms with Gasteiger partial charge in [-0.15, -0.1) is 5.92 Å². The molecule has 0 unspecified atom stereocenters. The summed E-state index contributed by atoms with van der Waals surface area (Å²) in [6.45, 7) is 2.04. The van der Waals surface area contributed by atoms with Crippen LogP contribution in [0.4, 0.5) is 5.69 Å². The zero-order chi connectivity index (χ0) is 13.7. The second kappa shape index (κ2) is 5.74. The number of nitrogen functional groups attached to an aromatic ring is 1. The molecule has 0 bridgehead atoms. The molecule has 0 spiro atoms. The molecule has 1 aromatic heterocycles. The van der Waals surface area contributed by atoms with Gasteiger partial charge in [0.15, 0.2) is 5.69 Å². The van der Waals surface area contributed by atoms with Gasteiger partial charge < -0.3 is 11.1 Å². The van der Waals surface area contributed by atoms with Gasteiger partial charge in [0, 0.05) is 6.20 Å². The van der Waals surface area contributed by atoms with Crippen molar-refractivity contribution in [3.8, 4) is 17.5 Å². The molecule has 1 amide bonds. The molecule has 19 heavy (non-hydrogen) atoms. The van der Waals surface area contributed by atoms with Crippen molar-refractivity contribution >= 4 is 11.6 Å². The van der Waals surface area contributed by atoms with Gasteiger partial charge in [0.25, 0.3) is 5.91 Å². The number of para-hydroxylation sites is 2. The predicted octanol–water partition coefficient (Wildman–Crippen LogP) is 1.21. The molecule has 2 rings (SSSR count). The summed E-state index contributed by atoms with van der Waals surface area (Å²) in [5.74, 6) is 5.21. The Labute approximate surface area is 111 Å². The summed E-state index contributed by atoms with van der Waals surface area (Å²) in [5.41, 5.74) is 7.54. The number of hydrogen-bond acceptors (Lipinski definition) is 3. The number of nitrogens with zero attached hydrogens (tertiary/aromatic N) is 2. The molecular formula is C14H14N4O. The SMILES string of the molecule is CC#CCNC(=O)c1ccn(-c2ccccc2N)n1. The molecular weight excluding hydrogens is 240 g/mol. The number of aromatic nitrogens is 2. The fraction of sp³-hybridized carbons (Fsp3) is 0.143. The first-order valence-corrected chi connectivity index (χ1v) is 5.80. The first kappa shape index (κ1) is 12.7. The summed E-state index contributed by atoms with van der Waals surface area (Å²) in [6, 6.07) is 8.98. The highest BCUT2D eigenvalue weighted by molar-refractivity contribution is 5.92. The molecule has 0 saturated carbocycles. The van der Waals surface area contributed by atoms with E-state index in [0.29, 0.717) is 17.9 Å². The van der Waals surface area contributed by atoms with Crippen LogP contribution in [0.3, 0.4) is 0 Å². The standard InChI is InChI=1S/C14H14N4O/c1-2-3-9-16-14(19)12-8-10-18(17-12)13-7-5-4-6-11(13)15/h4-8,10H,9,15H2,1H3,(H,16,19). The maximum Gasteiger partial charge on any atom is 0.272 e. The molecule has 0 saturated heterocycles. The third kappa shape index (κ3) is 2.93. The van der Waals surface area contributed by atoms with Crippen molar-refractivity contribution in [1.82, 2.24) is 15.1 Å². The third-order valence-corrected chi connectivity index (χ3v) is 2.52. The Hall–Kier alpha value is -2.74. The summed E-state index contributed by atoms with van der Waals surface area (Å²) >= 11 is 0. The number of carbonyl (C=O) groups is 1. The fourth-order valence-electron chi connectivity index (χ4n) is 1.58. The normalized spacial score (nSPS) is 9.53. The Morgan fingerprint density at radius 2 is 2.21 bits per heavy atom. The van der Waals surface area contributed by atoms with Gasteiger partial charge in [0.1, 0.15) is 0 Å². The number of hydrogen-bond donors (Lipinski definition) is 2. The summed E-state index contributed by atoms with van der Waals surface area (Å²) < 4.78 is 1.58. The lowest BCUT2D eigenvalue weighted by Gasteiger charge is -2.04. The van der Waals surface area contributed by atoms with Crippen LogP contribution in [-0.2, 0) is 0 Å². The van der Waals surface area contributed by atoms with E-state index in [9.17, 15) is 4.79 Å². The number of anilines is 1. The first-order valence-electron chi connectivity index (χ1n) is 5.80. The van der Waals surface area contributed by atoms with Crippen molar-refractivity contribution in [3.05, 3.63) is 42.2 Å². The molecule has 5 heteroatoms. The second-order valence-electron chi connectivity index (χ2n) is 3.81. The Balaban J connectivity index is 2.17. The van der Waals surface area contributed by atoms with Gasteiger partial charge in [-0.3, -0.25) is 4.79 Å². The minimum atomic E-state index is -0.254. The van der Waals surface area contributed by atoms with Gasteiger partial charge in [-0.25, -0.2) is 4.68 Å². The highest BCUT2D eigenvalue weighted by atomic mass is 16.1. The van der Waals surface area contributed by atoms with Gasteiger partial charge in [0.05, 0.1) is 17.9 Å². The maximum absolute atomic E-state index is 11.8. The monoisotopic (exact) mass is 254 g/mol. The van der Waals surface area contributed by atoms with E-state index in [1.165, 1.54) is 0 Å². The quantitative estimate of drug-likeness (QED) is 0.638. The zero-order valence-electron chi connectivity index (χ0n) is 10.6. The molecule has 5 nitrogen and oxygen atoms in total. The van der Waals surface area contributed by atoms with Crippen LogP contribution in [0.2, 0.25) is 0 Å². The molecule has 0 aliphatic rings. The van der Waals surface area contributed by atoms with Crippen molar-refractivity contribution < 1.29 is 4.79 Å².